The molecule has 0 radical (unpaired) electrons. The Morgan fingerprint density at radius 3 is 2.59 bits per heavy atom. The number of nitrogens with zero attached hydrogens (tertiary/aromatic N) is 1. The minimum absolute atomic E-state index is 0.220. The topological polar surface area (TPSA) is 54.6 Å². The SMILES string of the molecule is C/C(CC(C)C)=N\NC(=O)c1cc(C)oc1C. The van der Waals surface area contributed by atoms with E-state index in [0.29, 0.717) is 17.2 Å². The van der Waals surface area contributed by atoms with Gasteiger partial charge in [0.15, 0.2) is 0 Å². The molecule has 0 bridgehead atoms. The van der Waals surface area contributed by atoms with Crippen LogP contribution in [0.1, 0.15) is 49.1 Å². The molecule has 4 heteroatoms. The molecule has 0 aliphatic heterocycles. The first-order valence-electron chi connectivity index (χ1n) is 5.80. The molecule has 0 aromatic carbocycles. The van der Waals surface area contributed by atoms with Crippen LogP contribution in [0.5, 0.6) is 0 Å². The fourth-order valence-corrected chi connectivity index (χ4v) is 1.70. The normalized spacial score (nSPS) is 12.0. The molecule has 1 heterocycles. The average molecular weight is 236 g/mol. The number of hydrogen-bond acceptors (Lipinski definition) is 3. The molecule has 0 spiro atoms. The third-order valence-corrected chi connectivity index (χ3v) is 2.34. The van der Waals surface area contributed by atoms with E-state index in [4.69, 9.17) is 4.42 Å². The van der Waals surface area contributed by atoms with Gasteiger partial charge in [-0.15, -0.1) is 0 Å². The molecule has 94 valence electrons. The minimum atomic E-state index is -0.220. The van der Waals surface area contributed by atoms with Crippen LogP contribution in [0.15, 0.2) is 15.6 Å². The van der Waals surface area contributed by atoms with Crippen LogP contribution in [-0.2, 0) is 0 Å². The number of nitrogens with one attached hydrogen (secondary N) is 1. The Morgan fingerprint density at radius 2 is 2.12 bits per heavy atom. The van der Waals surface area contributed by atoms with Gasteiger partial charge in [0, 0.05) is 5.71 Å². The summed E-state index contributed by atoms with van der Waals surface area (Å²) < 4.78 is 5.30. The summed E-state index contributed by atoms with van der Waals surface area (Å²) >= 11 is 0. The van der Waals surface area contributed by atoms with Crippen LogP contribution in [0, 0.1) is 19.8 Å². The molecule has 0 aliphatic rings. The lowest BCUT2D eigenvalue weighted by Gasteiger charge is -2.04. The second kappa shape index (κ2) is 5.66. The zero-order valence-corrected chi connectivity index (χ0v) is 11.1. The molecule has 1 rings (SSSR count). The molecule has 0 saturated carbocycles. The van der Waals surface area contributed by atoms with Crippen molar-refractivity contribution in [2.75, 3.05) is 0 Å². The van der Waals surface area contributed by atoms with Crippen LogP contribution in [0.3, 0.4) is 0 Å². The van der Waals surface area contributed by atoms with Crippen LogP contribution < -0.4 is 5.43 Å². The number of furan rings is 1. The van der Waals surface area contributed by atoms with E-state index in [1.54, 1.807) is 13.0 Å². The monoisotopic (exact) mass is 236 g/mol. The molecular weight excluding hydrogens is 216 g/mol. The van der Waals surface area contributed by atoms with Gasteiger partial charge in [0.25, 0.3) is 5.91 Å². The van der Waals surface area contributed by atoms with Crippen LogP contribution in [0.4, 0.5) is 0 Å². The summed E-state index contributed by atoms with van der Waals surface area (Å²) in [7, 11) is 0. The summed E-state index contributed by atoms with van der Waals surface area (Å²) in [6.07, 6.45) is 0.879. The highest BCUT2D eigenvalue weighted by molar-refractivity contribution is 5.96. The smallest absolute Gasteiger partial charge is 0.274 e. The number of carbonyl (C=O) groups excluding carboxylic acids is 1. The molecule has 1 N–H and O–H groups in total. The predicted octanol–water partition coefficient (Wildman–Crippen LogP) is 3.05. The lowest BCUT2D eigenvalue weighted by molar-refractivity contribution is 0.0953. The third-order valence-electron chi connectivity index (χ3n) is 2.34. The van der Waals surface area contributed by atoms with Gasteiger partial charge >= 0.3 is 0 Å². The van der Waals surface area contributed by atoms with Gasteiger partial charge in [-0.25, -0.2) is 5.43 Å². The van der Waals surface area contributed by atoms with Crippen LogP contribution >= 0.6 is 0 Å². The third kappa shape index (κ3) is 4.06. The van der Waals surface area contributed by atoms with E-state index >= 15 is 0 Å². The van der Waals surface area contributed by atoms with Gasteiger partial charge < -0.3 is 4.42 Å². The van der Waals surface area contributed by atoms with Crippen LogP contribution in [-0.4, -0.2) is 11.6 Å². The van der Waals surface area contributed by atoms with E-state index in [1.165, 1.54) is 0 Å². The Balaban J connectivity index is 2.64. The summed E-state index contributed by atoms with van der Waals surface area (Å²) in [4.78, 5) is 11.8. The Labute approximate surface area is 102 Å². The fraction of sp³-hybridized carbons (Fsp3) is 0.538. The second-order valence-corrected chi connectivity index (χ2v) is 4.71. The first-order valence-corrected chi connectivity index (χ1v) is 5.80. The Bertz CT molecular complexity index is 431. The van der Waals surface area contributed by atoms with Gasteiger partial charge in [-0.1, -0.05) is 13.8 Å². The van der Waals surface area contributed by atoms with Gasteiger partial charge in [0.1, 0.15) is 11.5 Å². The molecule has 0 atom stereocenters. The number of rotatable bonds is 4. The first-order chi connectivity index (χ1) is 7.90. The number of hydrazone groups is 1. The average Bonchev–Trinajstić information content (AvgIpc) is 2.53. The van der Waals surface area contributed by atoms with Crippen LogP contribution in [0.25, 0.3) is 0 Å². The lowest BCUT2D eigenvalue weighted by Crippen LogP contribution is -2.19. The maximum atomic E-state index is 11.8. The number of carbonyl (C=O) groups is 1. The fourth-order valence-electron chi connectivity index (χ4n) is 1.70. The molecule has 0 aliphatic carbocycles. The highest BCUT2D eigenvalue weighted by Crippen LogP contribution is 2.13. The van der Waals surface area contributed by atoms with Crippen LogP contribution in [0.2, 0.25) is 0 Å². The molecule has 1 aromatic heterocycles. The Morgan fingerprint density at radius 1 is 1.47 bits per heavy atom. The predicted molar refractivity (Wildman–Crippen MR) is 68.2 cm³/mol. The molecule has 17 heavy (non-hydrogen) atoms. The largest absolute Gasteiger partial charge is 0.466 e. The van der Waals surface area contributed by atoms with Gasteiger partial charge in [-0.05, 0) is 39.2 Å². The second-order valence-electron chi connectivity index (χ2n) is 4.71. The van der Waals surface area contributed by atoms with E-state index in [1.807, 2.05) is 13.8 Å². The molecule has 0 unspecified atom stereocenters. The minimum Gasteiger partial charge on any atom is -0.466 e. The van der Waals surface area contributed by atoms with Gasteiger partial charge in [-0.3, -0.25) is 4.79 Å². The number of aryl methyl sites for hydroxylation is 2. The maximum Gasteiger partial charge on any atom is 0.274 e. The Hall–Kier alpha value is -1.58. The first kappa shape index (κ1) is 13.5. The molecule has 1 aromatic rings. The summed E-state index contributed by atoms with van der Waals surface area (Å²) in [5.74, 6) is 1.67. The standard InChI is InChI=1S/C13H20N2O2/c1-8(2)6-9(3)14-15-13(16)12-7-10(4)17-11(12)5/h7-8H,6H2,1-5H3,(H,15,16)/b14-9+. The van der Waals surface area contributed by atoms with Crippen molar-refractivity contribution in [3.05, 3.63) is 23.2 Å². The summed E-state index contributed by atoms with van der Waals surface area (Å²) in [6.45, 7) is 9.73. The molecule has 0 saturated heterocycles. The van der Waals surface area contributed by atoms with E-state index in [9.17, 15) is 4.79 Å². The summed E-state index contributed by atoms with van der Waals surface area (Å²) in [5, 5.41) is 4.07. The maximum absolute atomic E-state index is 11.8. The van der Waals surface area contributed by atoms with Crippen molar-refractivity contribution in [2.24, 2.45) is 11.0 Å². The van der Waals surface area contributed by atoms with E-state index in [2.05, 4.69) is 24.4 Å². The van der Waals surface area contributed by atoms with Crippen molar-refractivity contribution in [2.45, 2.75) is 41.0 Å². The highest BCUT2D eigenvalue weighted by Gasteiger charge is 2.12. The van der Waals surface area contributed by atoms with E-state index in [0.717, 1.165) is 17.9 Å². The van der Waals surface area contributed by atoms with E-state index in [-0.39, 0.29) is 5.91 Å². The zero-order valence-electron chi connectivity index (χ0n) is 11.1. The number of amides is 1. The van der Waals surface area contributed by atoms with E-state index < -0.39 is 0 Å². The summed E-state index contributed by atoms with van der Waals surface area (Å²) in [5.41, 5.74) is 4.01. The zero-order chi connectivity index (χ0) is 13.0. The van der Waals surface area contributed by atoms with Gasteiger partial charge in [-0.2, -0.15) is 5.10 Å². The number of hydrogen-bond donors (Lipinski definition) is 1. The van der Waals surface area contributed by atoms with Gasteiger partial charge in [0.05, 0.1) is 5.56 Å². The van der Waals surface area contributed by atoms with Gasteiger partial charge in [0.2, 0.25) is 0 Å². The van der Waals surface area contributed by atoms with Crippen molar-refractivity contribution in [1.29, 1.82) is 0 Å². The molecule has 0 fully saturated rings. The Kier molecular flexibility index (Phi) is 4.49. The molecule has 1 amide bonds. The van der Waals surface area contributed by atoms with Crippen molar-refractivity contribution >= 4 is 11.6 Å². The highest BCUT2D eigenvalue weighted by atomic mass is 16.3. The quantitative estimate of drug-likeness (QED) is 0.645. The summed E-state index contributed by atoms with van der Waals surface area (Å²) in [6, 6.07) is 1.72. The van der Waals surface area contributed by atoms with Crippen molar-refractivity contribution in [3.8, 4) is 0 Å². The lowest BCUT2D eigenvalue weighted by atomic mass is 10.1. The van der Waals surface area contributed by atoms with Crippen molar-refractivity contribution in [1.82, 2.24) is 5.43 Å². The van der Waals surface area contributed by atoms with Crippen molar-refractivity contribution < 1.29 is 9.21 Å². The molecule has 4 nitrogen and oxygen atoms in total. The molecular formula is C13H20N2O2. The van der Waals surface area contributed by atoms with Crippen molar-refractivity contribution in [3.63, 3.8) is 0 Å².